The summed E-state index contributed by atoms with van der Waals surface area (Å²) in [5.74, 6) is -0.942. The van der Waals surface area contributed by atoms with Gasteiger partial charge in [0.15, 0.2) is 18.1 Å². The molecule has 1 amide bonds. The summed E-state index contributed by atoms with van der Waals surface area (Å²) in [6, 6.07) is 9.30. The van der Waals surface area contributed by atoms with E-state index in [0.717, 1.165) is 11.1 Å². The van der Waals surface area contributed by atoms with Crippen LogP contribution in [0.5, 0.6) is 11.5 Å². The number of benzene rings is 2. The minimum atomic E-state index is -1.10. The number of nitrogens with zero attached hydrogens (tertiary/aromatic N) is 1. The number of carboxylic acids is 1. The molecule has 1 aliphatic heterocycles. The minimum absolute atomic E-state index is 0.171. The highest BCUT2D eigenvalue weighted by molar-refractivity contribution is 5.95. The second-order valence-corrected chi connectivity index (χ2v) is 6.17. The van der Waals surface area contributed by atoms with Gasteiger partial charge in [-0.15, -0.1) is 0 Å². The highest BCUT2D eigenvalue weighted by Gasteiger charge is 2.23. The Bertz CT molecular complexity index is 867. The van der Waals surface area contributed by atoms with E-state index in [2.05, 4.69) is 0 Å². The van der Waals surface area contributed by atoms with Crippen LogP contribution in [-0.4, -0.2) is 41.6 Å². The first-order valence-corrected chi connectivity index (χ1v) is 8.66. The zero-order chi connectivity index (χ0) is 19.4. The van der Waals surface area contributed by atoms with Crippen molar-refractivity contribution in [2.75, 3.05) is 19.8 Å². The summed E-state index contributed by atoms with van der Waals surface area (Å²) in [6.07, 6.45) is 0.594. The van der Waals surface area contributed by atoms with Crippen LogP contribution in [0.15, 0.2) is 36.4 Å². The maximum absolute atomic E-state index is 13.3. The number of rotatable bonds is 6. The third kappa shape index (κ3) is 4.36. The van der Waals surface area contributed by atoms with E-state index in [0.29, 0.717) is 37.4 Å². The second-order valence-electron chi connectivity index (χ2n) is 6.17. The lowest BCUT2D eigenvalue weighted by Gasteiger charge is -2.29. The van der Waals surface area contributed by atoms with Crippen LogP contribution in [0.3, 0.4) is 0 Å². The van der Waals surface area contributed by atoms with Gasteiger partial charge >= 0.3 is 5.97 Å². The van der Waals surface area contributed by atoms with Crippen LogP contribution in [0.1, 0.15) is 28.4 Å². The van der Waals surface area contributed by atoms with Crippen LogP contribution < -0.4 is 9.47 Å². The van der Waals surface area contributed by atoms with Crippen molar-refractivity contribution in [1.29, 1.82) is 0 Å². The van der Waals surface area contributed by atoms with Crippen LogP contribution in [0.2, 0.25) is 0 Å². The Morgan fingerprint density at radius 1 is 1.11 bits per heavy atom. The lowest BCUT2D eigenvalue weighted by atomic mass is 9.99. The van der Waals surface area contributed by atoms with E-state index < -0.39 is 12.6 Å². The van der Waals surface area contributed by atoms with Gasteiger partial charge in [-0.05, 0) is 54.8 Å². The first-order valence-electron chi connectivity index (χ1n) is 8.66. The van der Waals surface area contributed by atoms with Crippen molar-refractivity contribution in [3.63, 3.8) is 0 Å². The molecule has 1 aliphatic rings. The second kappa shape index (κ2) is 8.07. The van der Waals surface area contributed by atoms with Crippen LogP contribution in [0.4, 0.5) is 4.39 Å². The molecule has 0 fully saturated rings. The van der Waals surface area contributed by atoms with Crippen molar-refractivity contribution >= 4 is 11.9 Å². The fourth-order valence-electron chi connectivity index (χ4n) is 3.05. The zero-order valence-corrected chi connectivity index (χ0v) is 14.9. The van der Waals surface area contributed by atoms with E-state index in [4.69, 9.17) is 14.6 Å². The fraction of sp³-hybridized carbons (Fsp3) is 0.300. The van der Waals surface area contributed by atoms with Gasteiger partial charge in [0.2, 0.25) is 0 Å². The summed E-state index contributed by atoms with van der Waals surface area (Å²) in [7, 11) is 0. The number of amides is 1. The van der Waals surface area contributed by atoms with E-state index in [9.17, 15) is 14.0 Å². The van der Waals surface area contributed by atoms with Gasteiger partial charge in [0.1, 0.15) is 5.82 Å². The summed E-state index contributed by atoms with van der Waals surface area (Å²) in [4.78, 5) is 25.3. The molecule has 0 atom stereocenters. The van der Waals surface area contributed by atoms with E-state index in [-0.39, 0.29) is 17.5 Å². The van der Waals surface area contributed by atoms with Crippen LogP contribution >= 0.6 is 0 Å². The molecule has 0 unspecified atom stereocenters. The average molecular weight is 373 g/mol. The molecule has 0 bridgehead atoms. The third-order valence-electron chi connectivity index (χ3n) is 4.31. The fourth-order valence-corrected chi connectivity index (χ4v) is 3.05. The molecule has 0 saturated carbocycles. The van der Waals surface area contributed by atoms with Gasteiger partial charge in [-0.2, -0.15) is 0 Å². The average Bonchev–Trinajstić information content (AvgIpc) is 2.66. The van der Waals surface area contributed by atoms with Crippen molar-refractivity contribution in [3.8, 4) is 11.5 Å². The molecule has 1 N–H and O–H groups in total. The van der Waals surface area contributed by atoms with Crippen LogP contribution in [0, 0.1) is 5.82 Å². The predicted molar refractivity (Wildman–Crippen MR) is 95.6 cm³/mol. The highest BCUT2D eigenvalue weighted by atomic mass is 19.1. The molecule has 0 aliphatic carbocycles. The number of halogens is 1. The van der Waals surface area contributed by atoms with Crippen molar-refractivity contribution < 1.29 is 28.6 Å². The number of ether oxygens (including phenoxy) is 2. The highest BCUT2D eigenvalue weighted by Crippen LogP contribution is 2.30. The summed E-state index contributed by atoms with van der Waals surface area (Å²) in [6.45, 7) is 2.55. The Labute approximate surface area is 156 Å². The molecule has 3 rings (SSSR count). The predicted octanol–water partition coefficient (Wildman–Crippen LogP) is 2.89. The normalized spacial score (nSPS) is 13.0. The van der Waals surface area contributed by atoms with E-state index in [1.165, 1.54) is 18.2 Å². The van der Waals surface area contributed by atoms with Crippen molar-refractivity contribution in [1.82, 2.24) is 4.90 Å². The van der Waals surface area contributed by atoms with Crippen molar-refractivity contribution in [3.05, 3.63) is 58.9 Å². The molecule has 1 heterocycles. The number of carboxylic acid groups (broad SMARTS) is 1. The van der Waals surface area contributed by atoms with Gasteiger partial charge in [0, 0.05) is 18.7 Å². The zero-order valence-electron chi connectivity index (χ0n) is 14.9. The number of aliphatic carboxylic acids is 1. The monoisotopic (exact) mass is 373 g/mol. The number of hydrogen-bond acceptors (Lipinski definition) is 4. The maximum atomic E-state index is 13.3. The molecule has 27 heavy (non-hydrogen) atoms. The molecular weight excluding hydrogens is 353 g/mol. The summed E-state index contributed by atoms with van der Waals surface area (Å²) in [5.41, 5.74) is 2.28. The van der Waals surface area contributed by atoms with E-state index in [1.54, 1.807) is 30.0 Å². The summed E-state index contributed by atoms with van der Waals surface area (Å²) in [5, 5.41) is 8.76. The molecule has 0 radical (unpaired) electrons. The molecule has 0 aromatic heterocycles. The first kappa shape index (κ1) is 18.7. The molecule has 7 heteroatoms. The number of carbonyl (C=O) groups excluding carboxylic acids is 1. The number of hydrogen-bond donors (Lipinski definition) is 1. The van der Waals surface area contributed by atoms with Gasteiger partial charge < -0.3 is 19.5 Å². The Kier molecular flexibility index (Phi) is 5.59. The van der Waals surface area contributed by atoms with Gasteiger partial charge in [0.05, 0.1) is 6.61 Å². The topological polar surface area (TPSA) is 76.1 Å². The Balaban J connectivity index is 1.79. The largest absolute Gasteiger partial charge is 0.490 e. The third-order valence-corrected chi connectivity index (χ3v) is 4.31. The molecule has 2 aromatic rings. The Morgan fingerprint density at radius 2 is 1.93 bits per heavy atom. The molecule has 0 spiro atoms. The maximum Gasteiger partial charge on any atom is 0.341 e. The quantitative estimate of drug-likeness (QED) is 0.843. The Morgan fingerprint density at radius 3 is 2.67 bits per heavy atom. The van der Waals surface area contributed by atoms with Crippen LogP contribution in [0.25, 0.3) is 0 Å². The lowest BCUT2D eigenvalue weighted by molar-refractivity contribution is -0.139. The lowest BCUT2D eigenvalue weighted by Crippen LogP contribution is -2.36. The summed E-state index contributed by atoms with van der Waals surface area (Å²) >= 11 is 0. The van der Waals surface area contributed by atoms with Crippen molar-refractivity contribution in [2.24, 2.45) is 0 Å². The molecular formula is C20H20FNO5. The van der Waals surface area contributed by atoms with Gasteiger partial charge in [-0.1, -0.05) is 6.07 Å². The summed E-state index contributed by atoms with van der Waals surface area (Å²) < 4.78 is 24.0. The minimum Gasteiger partial charge on any atom is -0.490 e. The van der Waals surface area contributed by atoms with E-state index >= 15 is 0 Å². The standard InChI is InChI=1S/C20H20FNO5/c1-2-26-18-10-14(4-6-17(18)27-12-19(23)24)20(25)22-8-7-13-9-16(21)5-3-15(13)11-22/h3-6,9-10H,2,7-8,11-12H2,1H3,(H,23,24). The Hall–Kier alpha value is -3.09. The molecule has 0 saturated heterocycles. The number of carbonyl (C=O) groups is 2. The van der Waals surface area contributed by atoms with Crippen molar-refractivity contribution in [2.45, 2.75) is 19.9 Å². The van der Waals surface area contributed by atoms with E-state index in [1.807, 2.05) is 0 Å². The molecule has 2 aromatic carbocycles. The smallest absolute Gasteiger partial charge is 0.341 e. The number of fused-ring (bicyclic) bond motifs is 1. The van der Waals surface area contributed by atoms with Gasteiger partial charge in [-0.3, -0.25) is 4.79 Å². The van der Waals surface area contributed by atoms with Gasteiger partial charge in [-0.25, -0.2) is 9.18 Å². The molecule has 6 nitrogen and oxygen atoms in total. The SMILES string of the molecule is CCOc1cc(C(=O)N2CCc3cc(F)ccc3C2)ccc1OCC(=O)O. The van der Waals surface area contributed by atoms with Crippen LogP contribution in [-0.2, 0) is 17.8 Å². The first-order chi connectivity index (χ1) is 13.0. The molecule has 142 valence electrons. The van der Waals surface area contributed by atoms with Gasteiger partial charge in [0.25, 0.3) is 5.91 Å².